The van der Waals surface area contributed by atoms with E-state index in [-0.39, 0.29) is 0 Å². The van der Waals surface area contributed by atoms with Gasteiger partial charge in [0, 0.05) is 16.3 Å². The van der Waals surface area contributed by atoms with Crippen molar-refractivity contribution in [2.75, 3.05) is 26.7 Å². The first kappa shape index (κ1) is 15.0. The minimum absolute atomic E-state index is 0.294. The van der Waals surface area contributed by atoms with Gasteiger partial charge >= 0.3 is 0 Å². The van der Waals surface area contributed by atoms with Crippen LogP contribution in [0.3, 0.4) is 0 Å². The van der Waals surface area contributed by atoms with E-state index in [4.69, 9.17) is 0 Å². The van der Waals surface area contributed by atoms with E-state index in [1.54, 1.807) is 0 Å². The van der Waals surface area contributed by atoms with E-state index in [0.717, 1.165) is 12.5 Å². The summed E-state index contributed by atoms with van der Waals surface area (Å²) in [6, 6.07) is 4.64. The maximum Gasteiger partial charge on any atom is 0.0328 e. The van der Waals surface area contributed by atoms with Gasteiger partial charge in [-0.25, -0.2) is 0 Å². The monoisotopic (exact) mass is 280 g/mol. The van der Waals surface area contributed by atoms with Crippen molar-refractivity contribution in [1.82, 2.24) is 10.2 Å². The molecule has 2 rings (SSSR count). The smallest absolute Gasteiger partial charge is 0.0328 e. The summed E-state index contributed by atoms with van der Waals surface area (Å²) in [7, 11) is 2.06. The minimum atomic E-state index is 0.294. The van der Waals surface area contributed by atoms with Gasteiger partial charge in [-0.1, -0.05) is 20.8 Å². The fourth-order valence-corrected chi connectivity index (χ4v) is 3.83. The van der Waals surface area contributed by atoms with E-state index in [9.17, 15) is 0 Å². The van der Waals surface area contributed by atoms with Gasteiger partial charge < -0.3 is 5.32 Å². The van der Waals surface area contributed by atoms with E-state index in [2.05, 4.69) is 50.2 Å². The maximum absolute atomic E-state index is 3.31. The zero-order chi connectivity index (χ0) is 13.9. The van der Waals surface area contributed by atoms with E-state index < -0.39 is 0 Å². The first-order valence-corrected chi connectivity index (χ1v) is 8.27. The van der Waals surface area contributed by atoms with Crippen molar-refractivity contribution in [3.63, 3.8) is 0 Å². The number of piperidine rings is 1. The van der Waals surface area contributed by atoms with Crippen molar-refractivity contribution in [2.24, 2.45) is 5.92 Å². The number of likely N-dealkylation sites (tertiary alicyclic amines) is 1. The largest absolute Gasteiger partial charge is 0.319 e. The summed E-state index contributed by atoms with van der Waals surface area (Å²) in [5, 5.41) is 3.31. The molecular weight excluding hydrogens is 252 g/mol. The fraction of sp³-hybridized carbons (Fsp3) is 0.750. The zero-order valence-corrected chi connectivity index (χ0v) is 13.6. The average molecular weight is 280 g/mol. The van der Waals surface area contributed by atoms with Crippen LogP contribution in [0.1, 0.15) is 43.4 Å². The Bertz CT molecular complexity index is 384. The number of rotatable bonds is 4. The third-order valence-electron chi connectivity index (χ3n) is 3.98. The molecule has 0 saturated carbocycles. The van der Waals surface area contributed by atoms with E-state index >= 15 is 0 Å². The van der Waals surface area contributed by atoms with Crippen LogP contribution < -0.4 is 5.32 Å². The summed E-state index contributed by atoms with van der Waals surface area (Å²) in [4.78, 5) is 5.65. The molecule has 0 aromatic carbocycles. The second-order valence-corrected chi connectivity index (χ2v) is 7.96. The van der Waals surface area contributed by atoms with Gasteiger partial charge in [0.15, 0.2) is 0 Å². The average Bonchev–Trinajstić information content (AvgIpc) is 2.80. The molecule has 108 valence electrons. The molecule has 1 aliphatic rings. The minimum Gasteiger partial charge on any atom is -0.319 e. The lowest BCUT2D eigenvalue weighted by Crippen LogP contribution is -2.36. The SMILES string of the molecule is CNCC1CCN(Cc2ccc(C(C)(C)C)s2)CC1. The molecular formula is C16H28N2S. The van der Waals surface area contributed by atoms with Crippen molar-refractivity contribution in [3.8, 4) is 0 Å². The van der Waals surface area contributed by atoms with Gasteiger partial charge in [-0.2, -0.15) is 0 Å². The van der Waals surface area contributed by atoms with Gasteiger partial charge in [-0.05, 0) is 63.0 Å². The normalized spacial score (nSPS) is 18.9. The van der Waals surface area contributed by atoms with Crippen molar-refractivity contribution >= 4 is 11.3 Å². The van der Waals surface area contributed by atoms with Crippen molar-refractivity contribution in [3.05, 3.63) is 21.9 Å². The topological polar surface area (TPSA) is 15.3 Å². The van der Waals surface area contributed by atoms with Crippen LogP contribution in [0.15, 0.2) is 12.1 Å². The number of nitrogens with zero attached hydrogens (tertiary/aromatic N) is 1. The lowest BCUT2D eigenvalue weighted by Gasteiger charge is -2.31. The van der Waals surface area contributed by atoms with Gasteiger partial charge in [0.05, 0.1) is 0 Å². The summed E-state index contributed by atoms with van der Waals surface area (Å²) in [5.74, 6) is 0.884. The lowest BCUT2D eigenvalue weighted by atomic mass is 9.95. The molecule has 0 unspecified atom stereocenters. The van der Waals surface area contributed by atoms with Crippen LogP contribution in [0.25, 0.3) is 0 Å². The molecule has 0 bridgehead atoms. The van der Waals surface area contributed by atoms with Crippen LogP contribution in [0.5, 0.6) is 0 Å². The molecule has 1 N–H and O–H groups in total. The first-order chi connectivity index (χ1) is 8.99. The van der Waals surface area contributed by atoms with Gasteiger partial charge in [-0.15, -0.1) is 11.3 Å². The van der Waals surface area contributed by atoms with Crippen molar-refractivity contribution in [1.29, 1.82) is 0 Å². The quantitative estimate of drug-likeness (QED) is 0.908. The number of hydrogen-bond acceptors (Lipinski definition) is 3. The molecule has 1 fully saturated rings. The van der Waals surface area contributed by atoms with Gasteiger partial charge in [-0.3, -0.25) is 4.90 Å². The molecule has 0 atom stereocenters. The Morgan fingerprint density at radius 2 is 1.95 bits per heavy atom. The highest BCUT2D eigenvalue weighted by molar-refractivity contribution is 7.12. The summed E-state index contributed by atoms with van der Waals surface area (Å²) in [6.07, 6.45) is 2.69. The molecule has 0 radical (unpaired) electrons. The fourth-order valence-electron chi connectivity index (χ4n) is 2.72. The summed E-state index contributed by atoms with van der Waals surface area (Å²) in [5.41, 5.74) is 0.294. The lowest BCUT2D eigenvalue weighted by molar-refractivity contribution is 0.178. The Balaban J connectivity index is 1.84. The Kier molecular flexibility index (Phi) is 5.04. The molecule has 1 aromatic rings. The molecule has 0 amide bonds. The Hall–Kier alpha value is -0.380. The summed E-state index contributed by atoms with van der Waals surface area (Å²) >= 11 is 1.99. The van der Waals surface area contributed by atoms with Crippen LogP contribution in [0.4, 0.5) is 0 Å². The highest BCUT2D eigenvalue weighted by Gasteiger charge is 2.20. The molecule has 1 aliphatic heterocycles. The van der Waals surface area contributed by atoms with Crippen LogP contribution >= 0.6 is 11.3 Å². The predicted molar refractivity (Wildman–Crippen MR) is 84.9 cm³/mol. The molecule has 0 spiro atoms. The zero-order valence-electron chi connectivity index (χ0n) is 12.8. The summed E-state index contributed by atoms with van der Waals surface area (Å²) in [6.45, 7) is 11.7. The van der Waals surface area contributed by atoms with Crippen LogP contribution in [-0.4, -0.2) is 31.6 Å². The van der Waals surface area contributed by atoms with Gasteiger partial charge in [0.2, 0.25) is 0 Å². The number of hydrogen-bond donors (Lipinski definition) is 1. The third kappa shape index (κ3) is 4.30. The maximum atomic E-state index is 3.31. The predicted octanol–water partition coefficient (Wildman–Crippen LogP) is 3.48. The molecule has 2 nitrogen and oxygen atoms in total. The Labute approximate surface area is 122 Å². The van der Waals surface area contributed by atoms with Gasteiger partial charge in [0.25, 0.3) is 0 Å². The Morgan fingerprint density at radius 3 is 2.47 bits per heavy atom. The highest BCUT2D eigenvalue weighted by Crippen LogP contribution is 2.30. The standard InChI is InChI=1S/C16H28N2S/c1-16(2,3)15-6-5-14(19-15)12-18-9-7-13(8-10-18)11-17-4/h5-6,13,17H,7-12H2,1-4H3. The molecule has 1 aromatic heterocycles. The van der Waals surface area contributed by atoms with Crippen molar-refractivity contribution < 1.29 is 0 Å². The molecule has 2 heterocycles. The molecule has 19 heavy (non-hydrogen) atoms. The van der Waals surface area contributed by atoms with Crippen LogP contribution in [0, 0.1) is 5.92 Å². The molecule has 0 aliphatic carbocycles. The highest BCUT2D eigenvalue weighted by atomic mass is 32.1. The van der Waals surface area contributed by atoms with Crippen LogP contribution in [0.2, 0.25) is 0 Å². The van der Waals surface area contributed by atoms with Crippen molar-refractivity contribution in [2.45, 2.75) is 45.6 Å². The van der Waals surface area contributed by atoms with E-state index in [1.807, 2.05) is 11.3 Å². The van der Waals surface area contributed by atoms with Gasteiger partial charge in [0.1, 0.15) is 0 Å². The summed E-state index contributed by atoms with van der Waals surface area (Å²) < 4.78 is 0. The first-order valence-electron chi connectivity index (χ1n) is 7.45. The number of nitrogens with one attached hydrogen (secondary N) is 1. The second-order valence-electron chi connectivity index (χ2n) is 6.79. The van der Waals surface area contributed by atoms with E-state index in [0.29, 0.717) is 5.41 Å². The third-order valence-corrected chi connectivity index (χ3v) is 5.48. The Morgan fingerprint density at radius 1 is 1.26 bits per heavy atom. The van der Waals surface area contributed by atoms with E-state index in [1.165, 1.54) is 42.2 Å². The molecule has 1 saturated heterocycles. The molecule has 3 heteroatoms. The van der Waals surface area contributed by atoms with Crippen LogP contribution in [-0.2, 0) is 12.0 Å². The second kappa shape index (κ2) is 6.38. The number of thiophene rings is 1.